The Morgan fingerprint density at radius 3 is 2.05 bits per heavy atom. The molecule has 2 heteroatoms. The number of ether oxygens (including phenoxy) is 1. The molecule has 0 unspecified atom stereocenters. The predicted molar refractivity (Wildman–Crippen MR) is 89.3 cm³/mol. The summed E-state index contributed by atoms with van der Waals surface area (Å²) in [6, 6.07) is 0. The number of unbranched alkanes of at least 4 members (excludes halogenated alkanes) is 10. The van der Waals surface area contributed by atoms with Crippen LogP contribution in [-0.2, 0) is 9.53 Å². The van der Waals surface area contributed by atoms with Crippen LogP contribution in [0.3, 0.4) is 0 Å². The Morgan fingerprint density at radius 2 is 1.52 bits per heavy atom. The summed E-state index contributed by atoms with van der Waals surface area (Å²) in [5, 5.41) is 0. The summed E-state index contributed by atoms with van der Waals surface area (Å²) in [4.78, 5) is 11.3. The number of hydrogen-bond donors (Lipinski definition) is 0. The van der Waals surface area contributed by atoms with E-state index in [1.165, 1.54) is 70.6 Å². The summed E-state index contributed by atoms with van der Waals surface area (Å²) in [7, 11) is 0. The first-order valence-electron chi connectivity index (χ1n) is 9.10. The first-order valence-corrected chi connectivity index (χ1v) is 9.10. The SMILES string of the molecule is C=C[C@H]1CC(=O)O[C@@H]1CCCCCCCCCCCCC. The first kappa shape index (κ1) is 18.3. The molecule has 1 fully saturated rings. The second-order valence-corrected chi connectivity index (χ2v) is 6.46. The molecule has 0 spiro atoms. The minimum absolute atomic E-state index is 0.0482. The largest absolute Gasteiger partial charge is 0.462 e. The molecule has 0 amide bonds. The molecule has 0 saturated carbocycles. The molecule has 1 rings (SSSR count). The second-order valence-electron chi connectivity index (χ2n) is 6.46. The topological polar surface area (TPSA) is 26.3 Å². The smallest absolute Gasteiger partial charge is 0.306 e. The number of rotatable bonds is 13. The van der Waals surface area contributed by atoms with Gasteiger partial charge in [0.25, 0.3) is 0 Å². The summed E-state index contributed by atoms with van der Waals surface area (Å²) in [6.45, 7) is 6.07. The molecule has 0 radical (unpaired) electrons. The van der Waals surface area contributed by atoms with Crippen molar-refractivity contribution in [3.8, 4) is 0 Å². The Labute approximate surface area is 131 Å². The van der Waals surface area contributed by atoms with Gasteiger partial charge in [0.1, 0.15) is 6.10 Å². The van der Waals surface area contributed by atoms with E-state index in [0.29, 0.717) is 6.42 Å². The summed E-state index contributed by atoms with van der Waals surface area (Å²) in [6.07, 6.45) is 18.5. The molecule has 0 N–H and O–H groups in total. The van der Waals surface area contributed by atoms with Crippen molar-refractivity contribution in [1.82, 2.24) is 0 Å². The average Bonchev–Trinajstić information content (AvgIpc) is 2.85. The summed E-state index contributed by atoms with van der Waals surface area (Å²) >= 11 is 0. The third-order valence-electron chi connectivity index (χ3n) is 4.56. The lowest BCUT2D eigenvalue weighted by atomic mass is 9.96. The monoisotopic (exact) mass is 294 g/mol. The van der Waals surface area contributed by atoms with Crippen molar-refractivity contribution in [2.45, 2.75) is 96.5 Å². The molecule has 1 aliphatic rings. The zero-order chi connectivity index (χ0) is 15.3. The van der Waals surface area contributed by atoms with Crippen LogP contribution in [0.4, 0.5) is 0 Å². The van der Waals surface area contributed by atoms with E-state index in [0.717, 1.165) is 6.42 Å². The minimum Gasteiger partial charge on any atom is -0.462 e. The molecule has 0 bridgehead atoms. The van der Waals surface area contributed by atoms with Gasteiger partial charge in [0.2, 0.25) is 0 Å². The molecule has 122 valence electrons. The Hall–Kier alpha value is -0.790. The van der Waals surface area contributed by atoms with Crippen molar-refractivity contribution >= 4 is 5.97 Å². The predicted octanol–water partition coefficient (Wildman–Crippen LogP) is 5.81. The average molecular weight is 294 g/mol. The van der Waals surface area contributed by atoms with Crippen molar-refractivity contribution in [3.05, 3.63) is 12.7 Å². The molecule has 21 heavy (non-hydrogen) atoms. The fourth-order valence-corrected chi connectivity index (χ4v) is 3.15. The van der Waals surface area contributed by atoms with E-state index in [4.69, 9.17) is 4.74 Å². The van der Waals surface area contributed by atoms with E-state index < -0.39 is 0 Å². The lowest BCUT2D eigenvalue weighted by molar-refractivity contribution is -0.141. The molecule has 2 atom stereocenters. The molecule has 0 aromatic rings. The molecule has 0 aromatic heterocycles. The Kier molecular flexibility index (Phi) is 10.3. The van der Waals surface area contributed by atoms with Gasteiger partial charge in [-0.05, 0) is 12.8 Å². The van der Waals surface area contributed by atoms with E-state index in [1.807, 2.05) is 6.08 Å². The van der Waals surface area contributed by atoms with Crippen molar-refractivity contribution in [3.63, 3.8) is 0 Å². The summed E-state index contributed by atoms with van der Waals surface area (Å²) < 4.78 is 5.35. The fourth-order valence-electron chi connectivity index (χ4n) is 3.15. The third-order valence-corrected chi connectivity index (χ3v) is 4.56. The van der Waals surface area contributed by atoms with Gasteiger partial charge in [0.05, 0.1) is 6.42 Å². The Balaban J connectivity index is 1.86. The molecule has 1 saturated heterocycles. The van der Waals surface area contributed by atoms with Crippen LogP contribution in [0.25, 0.3) is 0 Å². The van der Waals surface area contributed by atoms with E-state index in [-0.39, 0.29) is 18.0 Å². The summed E-state index contributed by atoms with van der Waals surface area (Å²) in [5.41, 5.74) is 0. The number of hydrogen-bond acceptors (Lipinski definition) is 2. The number of esters is 1. The fraction of sp³-hybridized carbons (Fsp3) is 0.842. The van der Waals surface area contributed by atoms with Crippen LogP contribution < -0.4 is 0 Å². The van der Waals surface area contributed by atoms with Gasteiger partial charge < -0.3 is 4.74 Å². The van der Waals surface area contributed by atoms with Crippen molar-refractivity contribution < 1.29 is 9.53 Å². The molecule has 0 aliphatic carbocycles. The van der Waals surface area contributed by atoms with Crippen molar-refractivity contribution in [1.29, 1.82) is 0 Å². The maximum Gasteiger partial charge on any atom is 0.306 e. The highest BCUT2D eigenvalue weighted by Crippen LogP contribution is 2.27. The van der Waals surface area contributed by atoms with Gasteiger partial charge in [-0.15, -0.1) is 6.58 Å². The van der Waals surface area contributed by atoms with Crippen LogP contribution in [-0.4, -0.2) is 12.1 Å². The van der Waals surface area contributed by atoms with Crippen LogP contribution in [0.2, 0.25) is 0 Å². The zero-order valence-electron chi connectivity index (χ0n) is 13.9. The van der Waals surface area contributed by atoms with E-state index in [1.54, 1.807) is 0 Å². The molecule has 2 nitrogen and oxygen atoms in total. The lowest BCUT2D eigenvalue weighted by Gasteiger charge is -2.13. The van der Waals surface area contributed by atoms with E-state index in [9.17, 15) is 4.79 Å². The van der Waals surface area contributed by atoms with Crippen LogP contribution in [0, 0.1) is 5.92 Å². The van der Waals surface area contributed by atoms with Crippen molar-refractivity contribution in [2.24, 2.45) is 5.92 Å². The van der Waals surface area contributed by atoms with Gasteiger partial charge in [-0.3, -0.25) is 4.79 Å². The first-order chi connectivity index (χ1) is 10.3. The second kappa shape index (κ2) is 11.8. The standard InChI is InChI=1S/C19H34O2/c1-3-5-6-7-8-9-10-11-12-13-14-15-18-17(4-2)16-19(20)21-18/h4,17-18H,2-3,5-16H2,1H3/t17-,18+/m0/s1. The van der Waals surface area contributed by atoms with Gasteiger partial charge in [0.15, 0.2) is 0 Å². The molecule has 1 aliphatic heterocycles. The normalized spacial score (nSPS) is 21.5. The van der Waals surface area contributed by atoms with E-state index >= 15 is 0 Å². The molecular weight excluding hydrogens is 260 g/mol. The highest BCUT2D eigenvalue weighted by atomic mass is 16.5. The van der Waals surface area contributed by atoms with Gasteiger partial charge >= 0.3 is 5.97 Å². The quantitative estimate of drug-likeness (QED) is 0.243. The molecular formula is C19H34O2. The maximum absolute atomic E-state index is 11.3. The van der Waals surface area contributed by atoms with Gasteiger partial charge in [0, 0.05) is 5.92 Å². The van der Waals surface area contributed by atoms with Crippen LogP contribution in [0.15, 0.2) is 12.7 Å². The van der Waals surface area contributed by atoms with Crippen LogP contribution in [0.1, 0.15) is 90.4 Å². The maximum atomic E-state index is 11.3. The van der Waals surface area contributed by atoms with Crippen LogP contribution in [0.5, 0.6) is 0 Å². The third kappa shape index (κ3) is 8.28. The van der Waals surface area contributed by atoms with E-state index in [2.05, 4.69) is 13.5 Å². The molecule has 0 aromatic carbocycles. The molecule has 1 heterocycles. The number of carbonyl (C=O) groups excluding carboxylic acids is 1. The van der Waals surface area contributed by atoms with Gasteiger partial charge in [-0.25, -0.2) is 0 Å². The number of cyclic esters (lactones) is 1. The number of carbonyl (C=O) groups is 1. The Bertz CT molecular complexity index is 285. The highest BCUT2D eigenvalue weighted by molar-refractivity contribution is 5.72. The highest BCUT2D eigenvalue weighted by Gasteiger charge is 2.31. The minimum atomic E-state index is -0.0482. The van der Waals surface area contributed by atoms with Gasteiger partial charge in [-0.1, -0.05) is 77.2 Å². The Morgan fingerprint density at radius 1 is 1.00 bits per heavy atom. The lowest BCUT2D eigenvalue weighted by Crippen LogP contribution is -2.13. The van der Waals surface area contributed by atoms with Crippen molar-refractivity contribution in [2.75, 3.05) is 0 Å². The van der Waals surface area contributed by atoms with Gasteiger partial charge in [-0.2, -0.15) is 0 Å². The summed E-state index contributed by atoms with van der Waals surface area (Å²) in [5.74, 6) is 0.202. The van der Waals surface area contributed by atoms with Crippen LogP contribution >= 0.6 is 0 Å². The zero-order valence-corrected chi connectivity index (χ0v) is 13.9.